The summed E-state index contributed by atoms with van der Waals surface area (Å²) in [6.45, 7) is 0. The number of rotatable bonds is 3. The Morgan fingerprint density at radius 3 is 2.90 bits per heavy atom. The summed E-state index contributed by atoms with van der Waals surface area (Å²) in [5.41, 5.74) is 7.53. The van der Waals surface area contributed by atoms with E-state index in [0.717, 1.165) is 24.6 Å². The van der Waals surface area contributed by atoms with Gasteiger partial charge in [0, 0.05) is 5.92 Å². The third-order valence-electron chi connectivity index (χ3n) is 3.21. The first kappa shape index (κ1) is 12.9. The molecular weight excluding hydrogens is 283 g/mol. The van der Waals surface area contributed by atoms with Crippen molar-refractivity contribution in [3.63, 3.8) is 0 Å². The number of H-pyrrole nitrogens is 1. The summed E-state index contributed by atoms with van der Waals surface area (Å²) in [5, 5.41) is 9.43. The normalized spacial score (nSPS) is 14.3. The molecular formula is C13H12ClFN4O. The lowest BCUT2D eigenvalue weighted by Gasteiger charge is -2.06. The summed E-state index contributed by atoms with van der Waals surface area (Å²) in [4.78, 5) is 12.1. The molecule has 1 aromatic carbocycles. The maximum atomic E-state index is 12.9. The lowest BCUT2D eigenvalue weighted by atomic mass is 10.2. The fourth-order valence-electron chi connectivity index (χ4n) is 1.99. The molecule has 1 fully saturated rings. The maximum Gasteiger partial charge on any atom is 0.278 e. The van der Waals surface area contributed by atoms with Gasteiger partial charge in [-0.15, -0.1) is 0 Å². The first-order chi connectivity index (χ1) is 9.56. The Labute approximate surface area is 119 Å². The first-order valence-corrected chi connectivity index (χ1v) is 6.54. The van der Waals surface area contributed by atoms with E-state index in [1.165, 1.54) is 12.1 Å². The number of hydrogen-bond donors (Lipinski definition) is 3. The van der Waals surface area contributed by atoms with Gasteiger partial charge in [0.1, 0.15) is 5.82 Å². The highest BCUT2D eigenvalue weighted by atomic mass is 35.5. The SMILES string of the molecule is Nc1c(C(=O)Nc2ccc(F)cc2Cl)n[nH]c1C1CC1. The van der Waals surface area contributed by atoms with Crippen molar-refractivity contribution in [2.75, 3.05) is 11.1 Å². The molecule has 4 N–H and O–H groups in total. The number of benzene rings is 1. The van der Waals surface area contributed by atoms with Crippen LogP contribution in [0.5, 0.6) is 0 Å². The molecule has 1 amide bonds. The van der Waals surface area contributed by atoms with Crippen LogP contribution in [0.2, 0.25) is 5.02 Å². The summed E-state index contributed by atoms with van der Waals surface area (Å²) in [7, 11) is 0. The van der Waals surface area contributed by atoms with Crippen LogP contribution in [0, 0.1) is 5.82 Å². The van der Waals surface area contributed by atoms with Crippen LogP contribution in [0.15, 0.2) is 18.2 Å². The summed E-state index contributed by atoms with van der Waals surface area (Å²) in [6, 6.07) is 3.73. The maximum absolute atomic E-state index is 12.9. The van der Waals surface area contributed by atoms with Crippen molar-refractivity contribution >= 4 is 28.9 Å². The van der Waals surface area contributed by atoms with Crippen LogP contribution < -0.4 is 11.1 Å². The molecule has 104 valence electrons. The van der Waals surface area contributed by atoms with E-state index < -0.39 is 11.7 Å². The van der Waals surface area contributed by atoms with Gasteiger partial charge < -0.3 is 11.1 Å². The standard InChI is InChI=1S/C13H12ClFN4O/c14-8-5-7(15)3-4-9(8)17-13(20)12-10(16)11(18-19-12)6-1-2-6/h3-6H,1-2,16H2,(H,17,20)(H,18,19). The van der Waals surface area contributed by atoms with Gasteiger partial charge in [-0.1, -0.05) is 11.6 Å². The van der Waals surface area contributed by atoms with Gasteiger partial charge in [-0.2, -0.15) is 5.10 Å². The Kier molecular flexibility index (Phi) is 3.10. The molecule has 0 spiro atoms. The van der Waals surface area contributed by atoms with Gasteiger partial charge in [-0.25, -0.2) is 4.39 Å². The molecule has 0 saturated heterocycles. The third-order valence-corrected chi connectivity index (χ3v) is 3.53. The van der Waals surface area contributed by atoms with E-state index in [-0.39, 0.29) is 10.7 Å². The third kappa shape index (κ3) is 2.34. The number of nitrogens with zero attached hydrogens (tertiary/aromatic N) is 1. The van der Waals surface area contributed by atoms with E-state index in [1.807, 2.05) is 0 Å². The molecule has 1 aliphatic carbocycles. The zero-order chi connectivity index (χ0) is 14.3. The van der Waals surface area contributed by atoms with Crippen molar-refractivity contribution in [1.29, 1.82) is 0 Å². The number of aromatic nitrogens is 2. The van der Waals surface area contributed by atoms with E-state index in [2.05, 4.69) is 15.5 Å². The molecule has 0 radical (unpaired) electrons. The second-order valence-corrected chi connectivity index (χ2v) is 5.16. The highest BCUT2D eigenvalue weighted by Crippen LogP contribution is 2.42. The van der Waals surface area contributed by atoms with Crippen LogP contribution in [0.4, 0.5) is 15.8 Å². The van der Waals surface area contributed by atoms with Gasteiger partial charge in [-0.3, -0.25) is 9.89 Å². The average Bonchev–Trinajstić information content (AvgIpc) is 3.16. The molecule has 0 bridgehead atoms. The zero-order valence-electron chi connectivity index (χ0n) is 10.4. The molecule has 3 rings (SSSR count). The highest BCUT2D eigenvalue weighted by molar-refractivity contribution is 6.34. The number of anilines is 2. The number of hydrogen-bond acceptors (Lipinski definition) is 3. The van der Waals surface area contributed by atoms with E-state index in [1.54, 1.807) is 0 Å². The number of nitrogens with two attached hydrogens (primary N) is 1. The van der Waals surface area contributed by atoms with Gasteiger partial charge in [0.25, 0.3) is 5.91 Å². The summed E-state index contributed by atoms with van der Waals surface area (Å²) in [5.74, 6) is -0.569. The topological polar surface area (TPSA) is 83.8 Å². The predicted molar refractivity (Wildman–Crippen MR) is 74.3 cm³/mol. The Morgan fingerprint density at radius 1 is 1.50 bits per heavy atom. The molecule has 2 aromatic rings. The first-order valence-electron chi connectivity index (χ1n) is 6.16. The number of carbonyl (C=O) groups is 1. The fraction of sp³-hybridized carbons (Fsp3) is 0.231. The lowest BCUT2D eigenvalue weighted by molar-refractivity contribution is 0.102. The lowest BCUT2D eigenvalue weighted by Crippen LogP contribution is -2.14. The van der Waals surface area contributed by atoms with E-state index in [9.17, 15) is 9.18 Å². The number of nitrogen functional groups attached to an aromatic ring is 1. The molecule has 7 heteroatoms. The highest BCUT2D eigenvalue weighted by Gasteiger charge is 2.30. The van der Waals surface area contributed by atoms with Crippen molar-refractivity contribution in [2.45, 2.75) is 18.8 Å². The smallest absolute Gasteiger partial charge is 0.278 e. The van der Waals surface area contributed by atoms with Crippen LogP contribution in [0.1, 0.15) is 34.9 Å². The van der Waals surface area contributed by atoms with Gasteiger partial charge in [0.05, 0.1) is 22.1 Å². The molecule has 0 aliphatic heterocycles. The summed E-state index contributed by atoms with van der Waals surface area (Å²) < 4.78 is 12.9. The van der Waals surface area contributed by atoms with Crippen LogP contribution in [-0.2, 0) is 0 Å². The van der Waals surface area contributed by atoms with Gasteiger partial charge in [-0.05, 0) is 31.0 Å². The molecule has 1 aliphatic rings. The zero-order valence-corrected chi connectivity index (χ0v) is 11.2. The predicted octanol–water partition coefficient (Wildman–Crippen LogP) is 2.91. The number of halogens is 2. The number of nitrogens with one attached hydrogen (secondary N) is 2. The molecule has 1 saturated carbocycles. The second kappa shape index (κ2) is 4.79. The largest absolute Gasteiger partial charge is 0.395 e. The Balaban J connectivity index is 1.82. The summed E-state index contributed by atoms with van der Waals surface area (Å²) >= 11 is 5.85. The van der Waals surface area contributed by atoms with Crippen molar-refractivity contribution in [2.24, 2.45) is 0 Å². The quantitative estimate of drug-likeness (QED) is 0.814. The van der Waals surface area contributed by atoms with Crippen molar-refractivity contribution in [1.82, 2.24) is 10.2 Å². The second-order valence-electron chi connectivity index (χ2n) is 4.75. The van der Waals surface area contributed by atoms with Gasteiger partial charge in [0.2, 0.25) is 0 Å². The molecule has 1 heterocycles. The van der Waals surface area contributed by atoms with Crippen LogP contribution in [0.3, 0.4) is 0 Å². The van der Waals surface area contributed by atoms with E-state index in [4.69, 9.17) is 17.3 Å². The monoisotopic (exact) mass is 294 g/mol. The van der Waals surface area contributed by atoms with E-state index in [0.29, 0.717) is 17.3 Å². The van der Waals surface area contributed by atoms with Gasteiger partial charge in [0.15, 0.2) is 5.69 Å². The Bertz CT molecular complexity index is 681. The summed E-state index contributed by atoms with van der Waals surface area (Å²) in [6.07, 6.45) is 2.11. The van der Waals surface area contributed by atoms with Crippen LogP contribution in [-0.4, -0.2) is 16.1 Å². The number of carbonyl (C=O) groups excluding carboxylic acids is 1. The number of aromatic amines is 1. The molecule has 1 aromatic heterocycles. The minimum Gasteiger partial charge on any atom is -0.395 e. The van der Waals surface area contributed by atoms with Crippen molar-refractivity contribution in [3.05, 3.63) is 40.4 Å². The molecule has 0 unspecified atom stereocenters. The van der Waals surface area contributed by atoms with Crippen molar-refractivity contribution < 1.29 is 9.18 Å². The Hall–Kier alpha value is -2.08. The molecule has 0 atom stereocenters. The minimum atomic E-state index is -0.473. The Morgan fingerprint density at radius 2 is 2.25 bits per heavy atom. The number of amides is 1. The average molecular weight is 295 g/mol. The van der Waals surface area contributed by atoms with Crippen molar-refractivity contribution in [3.8, 4) is 0 Å². The van der Waals surface area contributed by atoms with Crippen LogP contribution in [0.25, 0.3) is 0 Å². The minimum absolute atomic E-state index is 0.120. The van der Waals surface area contributed by atoms with E-state index >= 15 is 0 Å². The fourth-order valence-corrected chi connectivity index (χ4v) is 2.21. The van der Waals surface area contributed by atoms with Gasteiger partial charge >= 0.3 is 0 Å². The van der Waals surface area contributed by atoms with Crippen LogP contribution >= 0.6 is 11.6 Å². The molecule has 20 heavy (non-hydrogen) atoms. The molecule has 5 nitrogen and oxygen atoms in total.